The Labute approximate surface area is 198 Å². The van der Waals surface area contributed by atoms with Gasteiger partial charge in [0.15, 0.2) is 0 Å². The summed E-state index contributed by atoms with van der Waals surface area (Å²) in [7, 11) is 0.718. The van der Waals surface area contributed by atoms with Gasteiger partial charge in [0.1, 0.15) is 5.76 Å². The minimum absolute atomic E-state index is 0.0375. The van der Waals surface area contributed by atoms with Crippen LogP contribution in [0.1, 0.15) is 23.6 Å². The summed E-state index contributed by atoms with van der Waals surface area (Å²) in [4.78, 5) is 27.2. The van der Waals surface area contributed by atoms with E-state index in [9.17, 15) is 23.1 Å². The molecule has 3 rings (SSSR count). The molecule has 0 spiro atoms. The Morgan fingerprint density at radius 1 is 1.15 bits per heavy atom. The van der Waals surface area contributed by atoms with Crippen molar-refractivity contribution in [3.05, 3.63) is 70.3 Å². The third-order valence-corrected chi connectivity index (χ3v) is 7.42. The number of ether oxygens (including phenoxy) is 1. The lowest BCUT2D eigenvalue weighted by Crippen LogP contribution is -2.31. The SMILES string of the molecule is COCCCN1C(=O)C(=O)C(=C(O)c2ccc(S(=O)(=O)N(C)C)cc2)[C@@H]1c1cccc(Cl)c1. The fraction of sp³-hybridized carbons (Fsp3) is 0.304. The van der Waals surface area contributed by atoms with Crippen molar-refractivity contribution in [2.75, 3.05) is 34.4 Å². The Balaban J connectivity index is 2.10. The summed E-state index contributed by atoms with van der Waals surface area (Å²) < 4.78 is 30.8. The molecule has 1 fully saturated rings. The lowest BCUT2D eigenvalue weighted by Gasteiger charge is -2.25. The molecule has 2 aromatic carbocycles. The minimum atomic E-state index is -3.66. The van der Waals surface area contributed by atoms with Gasteiger partial charge in [0.25, 0.3) is 11.7 Å². The second kappa shape index (κ2) is 10.0. The number of aliphatic hydroxyl groups is 1. The Morgan fingerprint density at radius 3 is 2.39 bits per heavy atom. The van der Waals surface area contributed by atoms with Gasteiger partial charge in [-0.3, -0.25) is 9.59 Å². The van der Waals surface area contributed by atoms with Gasteiger partial charge < -0.3 is 14.7 Å². The van der Waals surface area contributed by atoms with Crippen molar-refractivity contribution in [3.63, 3.8) is 0 Å². The van der Waals surface area contributed by atoms with Crippen LogP contribution in [0.15, 0.2) is 59.0 Å². The number of hydrogen-bond acceptors (Lipinski definition) is 6. The molecule has 0 bridgehead atoms. The lowest BCUT2D eigenvalue weighted by molar-refractivity contribution is -0.140. The Morgan fingerprint density at radius 2 is 1.82 bits per heavy atom. The number of benzene rings is 2. The molecule has 176 valence electrons. The molecule has 0 unspecified atom stereocenters. The number of amides is 1. The van der Waals surface area contributed by atoms with E-state index >= 15 is 0 Å². The fourth-order valence-corrected chi connectivity index (χ4v) is 4.76. The van der Waals surface area contributed by atoms with Crippen LogP contribution < -0.4 is 0 Å². The fourth-order valence-electron chi connectivity index (χ4n) is 3.66. The summed E-state index contributed by atoms with van der Waals surface area (Å²) in [6.45, 7) is 0.638. The van der Waals surface area contributed by atoms with Gasteiger partial charge in [0.2, 0.25) is 10.0 Å². The summed E-state index contributed by atoms with van der Waals surface area (Å²) in [5.74, 6) is -1.94. The highest BCUT2D eigenvalue weighted by Gasteiger charge is 2.45. The smallest absolute Gasteiger partial charge is 0.295 e. The van der Waals surface area contributed by atoms with Crippen molar-refractivity contribution < 1.29 is 27.9 Å². The topological polar surface area (TPSA) is 104 Å². The van der Waals surface area contributed by atoms with Crippen LogP contribution in [0.2, 0.25) is 5.02 Å². The predicted molar refractivity (Wildman–Crippen MR) is 124 cm³/mol. The number of halogens is 1. The van der Waals surface area contributed by atoms with Crippen LogP contribution in [-0.2, 0) is 24.3 Å². The van der Waals surface area contributed by atoms with Crippen LogP contribution in [0, 0.1) is 0 Å². The van der Waals surface area contributed by atoms with E-state index in [1.165, 1.54) is 43.3 Å². The molecular weight excluding hydrogens is 468 g/mol. The van der Waals surface area contributed by atoms with Crippen molar-refractivity contribution in [1.82, 2.24) is 9.21 Å². The maximum Gasteiger partial charge on any atom is 0.295 e. The normalized spacial score (nSPS) is 18.3. The molecule has 0 aliphatic carbocycles. The molecule has 10 heteroatoms. The Bertz CT molecular complexity index is 1190. The monoisotopic (exact) mass is 492 g/mol. The van der Waals surface area contributed by atoms with E-state index in [0.717, 1.165) is 4.31 Å². The van der Waals surface area contributed by atoms with Gasteiger partial charge in [-0.15, -0.1) is 0 Å². The van der Waals surface area contributed by atoms with Gasteiger partial charge in [-0.25, -0.2) is 12.7 Å². The lowest BCUT2D eigenvalue weighted by atomic mass is 9.95. The number of carbonyl (C=O) groups excluding carboxylic acids is 2. The summed E-state index contributed by atoms with van der Waals surface area (Å²) in [6, 6.07) is 11.4. The quantitative estimate of drug-likeness (QED) is 0.263. The number of nitrogens with zero attached hydrogens (tertiary/aromatic N) is 2. The van der Waals surface area contributed by atoms with Crippen molar-refractivity contribution in [3.8, 4) is 0 Å². The molecule has 1 heterocycles. The van der Waals surface area contributed by atoms with E-state index < -0.39 is 27.8 Å². The van der Waals surface area contributed by atoms with E-state index in [1.54, 1.807) is 31.4 Å². The first kappa shape index (κ1) is 24.9. The number of likely N-dealkylation sites (tertiary alicyclic amines) is 1. The van der Waals surface area contributed by atoms with E-state index in [4.69, 9.17) is 16.3 Å². The maximum atomic E-state index is 13.0. The van der Waals surface area contributed by atoms with Crippen LogP contribution in [0.25, 0.3) is 5.76 Å². The summed E-state index contributed by atoms with van der Waals surface area (Å²) in [5, 5.41) is 11.5. The molecule has 0 aromatic heterocycles. The zero-order chi connectivity index (χ0) is 24.3. The van der Waals surface area contributed by atoms with Gasteiger partial charge in [-0.05, 0) is 48.4 Å². The second-order valence-corrected chi connectivity index (χ2v) is 10.3. The molecular formula is C23H25ClN2O6S. The Hall–Kier alpha value is -2.72. The first-order valence-corrected chi connectivity index (χ1v) is 12.0. The maximum absolute atomic E-state index is 13.0. The average Bonchev–Trinajstić information content (AvgIpc) is 3.03. The van der Waals surface area contributed by atoms with Gasteiger partial charge in [0, 0.05) is 44.9 Å². The number of sulfonamides is 1. The molecule has 1 aliphatic heterocycles. The van der Waals surface area contributed by atoms with Crippen LogP contribution >= 0.6 is 11.6 Å². The van der Waals surface area contributed by atoms with E-state index in [0.29, 0.717) is 23.6 Å². The number of hydrogen-bond donors (Lipinski definition) is 1. The van der Waals surface area contributed by atoms with E-state index in [1.807, 2.05) is 0 Å². The van der Waals surface area contributed by atoms with Gasteiger partial charge in [0.05, 0.1) is 16.5 Å². The van der Waals surface area contributed by atoms with Gasteiger partial charge in [-0.2, -0.15) is 0 Å². The van der Waals surface area contributed by atoms with Crippen LogP contribution in [0.5, 0.6) is 0 Å². The molecule has 0 saturated carbocycles. The number of carbonyl (C=O) groups is 2. The van der Waals surface area contributed by atoms with Crippen molar-refractivity contribution in [2.24, 2.45) is 0 Å². The number of methoxy groups -OCH3 is 1. The zero-order valence-electron chi connectivity index (χ0n) is 18.5. The highest BCUT2D eigenvalue weighted by molar-refractivity contribution is 7.89. The number of Topliss-reactive ketones (excluding diaryl/α,β-unsaturated/α-hetero) is 1. The van der Waals surface area contributed by atoms with Crippen molar-refractivity contribution >= 4 is 39.1 Å². The molecule has 33 heavy (non-hydrogen) atoms. The highest BCUT2D eigenvalue weighted by atomic mass is 35.5. The van der Waals surface area contributed by atoms with Crippen molar-refractivity contribution in [2.45, 2.75) is 17.4 Å². The molecule has 1 amide bonds. The standard InChI is InChI=1S/C23H25ClN2O6S/c1-25(2)33(30,31)18-10-8-15(9-11-18)21(27)19-20(16-6-4-7-17(24)14-16)26(12-5-13-32-3)23(29)22(19)28/h4,6-11,14,20,27H,5,12-13H2,1-3H3/t20-/m0/s1. The average molecular weight is 493 g/mol. The minimum Gasteiger partial charge on any atom is -0.507 e. The number of rotatable bonds is 8. The number of ketones is 1. The summed E-state index contributed by atoms with van der Waals surface area (Å²) in [6.07, 6.45) is 0.498. The number of aliphatic hydroxyl groups excluding tert-OH is 1. The van der Waals surface area contributed by atoms with E-state index in [-0.39, 0.29) is 28.3 Å². The summed E-state index contributed by atoms with van der Waals surface area (Å²) >= 11 is 6.15. The molecule has 1 saturated heterocycles. The third kappa shape index (κ3) is 4.96. The molecule has 2 aromatic rings. The van der Waals surface area contributed by atoms with Crippen LogP contribution in [0.3, 0.4) is 0 Å². The molecule has 1 aliphatic rings. The largest absolute Gasteiger partial charge is 0.507 e. The molecule has 8 nitrogen and oxygen atoms in total. The van der Waals surface area contributed by atoms with Crippen LogP contribution in [-0.4, -0.2) is 68.8 Å². The third-order valence-electron chi connectivity index (χ3n) is 5.36. The molecule has 0 radical (unpaired) electrons. The first-order valence-electron chi connectivity index (χ1n) is 10.2. The highest BCUT2D eigenvalue weighted by Crippen LogP contribution is 2.40. The first-order chi connectivity index (χ1) is 15.6. The zero-order valence-corrected chi connectivity index (χ0v) is 20.1. The summed E-state index contributed by atoms with van der Waals surface area (Å²) in [5.41, 5.74) is 0.713. The van der Waals surface area contributed by atoms with Gasteiger partial charge >= 0.3 is 0 Å². The second-order valence-electron chi connectivity index (χ2n) is 7.71. The predicted octanol–water partition coefficient (Wildman–Crippen LogP) is 3.05. The van der Waals surface area contributed by atoms with Crippen LogP contribution in [0.4, 0.5) is 0 Å². The van der Waals surface area contributed by atoms with E-state index in [2.05, 4.69) is 0 Å². The molecule has 1 N–H and O–H groups in total. The van der Waals surface area contributed by atoms with Gasteiger partial charge in [-0.1, -0.05) is 23.7 Å². The molecule has 1 atom stereocenters. The Kier molecular flexibility index (Phi) is 7.58. The van der Waals surface area contributed by atoms with Crippen molar-refractivity contribution in [1.29, 1.82) is 0 Å².